The highest BCUT2D eigenvalue weighted by molar-refractivity contribution is 5.73. The molecule has 0 saturated carbocycles. The molecule has 0 aromatic heterocycles. The Morgan fingerprint density at radius 2 is 1.58 bits per heavy atom. The number of carbonyl (C=O) groups excluding carboxylic acids is 1. The topological polar surface area (TPSA) is 68.8 Å². The maximum atomic E-state index is 12.0. The summed E-state index contributed by atoms with van der Waals surface area (Å²) in [6, 6.07) is 13.2. The van der Waals surface area contributed by atoms with Crippen LogP contribution >= 0.6 is 0 Å². The lowest BCUT2D eigenvalue weighted by Crippen LogP contribution is -2.34. The number of amides is 2. The van der Waals surface area contributed by atoms with Gasteiger partial charge in [-0.25, -0.2) is 4.79 Å². The average Bonchev–Trinajstić information content (AvgIpc) is 2.65. The van der Waals surface area contributed by atoms with Crippen LogP contribution in [0, 0.1) is 0 Å². The maximum Gasteiger partial charge on any atom is 0.315 e. The van der Waals surface area contributed by atoms with Crippen LogP contribution in [0.3, 0.4) is 0 Å². The number of rotatable bonds is 6. The molecule has 2 aromatic carbocycles. The van der Waals surface area contributed by atoms with Gasteiger partial charge in [0, 0.05) is 13.1 Å². The number of fused-ring (bicyclic) bond motifs is 1. The molecule has 138 valence electrons. The molecular formula is C20H24N2O4. The second-order valence-corrected chi connectivity index (χ2v) is 6.32. The van der Waals surface area contributed by atoms with Crippen LogP contribution in [0.4, 0.5) is 4.79 Å². The van der Waals surface area contributed by atoms with Crippen molar-refractivity contribution in [1.82, 2.24) is 10.6 Å². The molecular weight excluding hydrogens is 332 g/mol. The molecule has 0 spiro atoms. The lowest BCUT2D eigenvalue weighted by atomic mass is 10.2. The summed E-state index contributed by atoms with van der Waals surface area (Å²) < 4.78 is 16.6. The molecule has 0 fully saturated rings. The lowest BCUT2D eigenvalue weighted by Gasteiger charge is -2.19. The standard InChI is InChI=1S/C20H24N2O4/c1-14(2)26-17-6-3-15(4-7-17)12-21-20(23)22-13-16-5-8-18-19(11-16)25-10-9-24-18/h3-8,11,14H,9-10,12-13H2,1-2H3,(H2,21,22,23). The third-order valence-corrected chi connectivity index (χ3v) is 3.81. The summed E-state index contributed by atoms with van der Waals surface area (Å²) in [6.07, 6.45) is 0.144. The molecule has 2 N–H and O–H groups in total. The molecule has 6 heteroatoms. The van der Waals surface area contributed by atoms with Gasteiger partial charge in [-0.1, -0.05) is 18.2 Å². The van der Waals surface area contributed by atoms with Crippen LogP contribution in [0.2, 0.25) is 0 Å². The fourth-order valence-corrected chi connectivity index (χ4v) is 2.58. The van der Waals surface area contributed by atoms with E-state index in [1.807, 2.05) is 56.3 Å². The molecule has 1 heterocycles. The van der Waals surface area contributed by atoms with Gasteiger partial charge in [-0.05, 0) is 49.2 Å². The third kappa shape index (κ3) is 5.05. The number of carbonyl (C=O) groups is 1. The Morgan fingerprint density at radius 1 is 0.962 bits per heavy atom. The Balaban J connectivity index is 1.44. The van der Waals surface area contributed by atoms with Gasteiger partial charge in [-0.3, -0.25) is 0 Å². The minimum atomic E-state index is -0.220. The zero-order chi connectivity index (χ0) is 18.4. The smallest absolute Gasteiger partial charge is 0.315 e. The number of hydrogen-bond acceptors (Lipinski definition) is 4. The first-order valence-corrected chi connectivity index (χ1v) is 8.76. The summed E-state index contributed by atoms with van der Waals surface area (Å²) in [5.74, 6) is 2.29. The van der Waals surface area contributed by atoms with Crippen molar-refractivity contribution < 1.29 is 19.0 Å². The Bertz CT molecular complexity index is 744. The number of hydrogen-bond donors (Lipinski definition) is 2. The molecule has 1 aliphatic rings. The van der Waals surface area contributed by atoms with E-state index in [9.17, 15) is 4.79 Å². The van der Waals surface area contributed by atoms with Gasteiger partial charge in [0.15, 0.2) is 11.5 Å². The highest BCUT2D eigenvalue weighted by Gasteiger charge is 2.12. The molecule has 0 aliphatic carbocycles. The molecule has 26 heavy (non-hydrogen) atoms. The van der Waals surface area contributed by atoms with Crippen molar-refractivity contribution in [2.45, 2.75) is 33.0 Å². The van der Waals surface area contributed by atoms with Crippen LogP contribution in [-0.2, 0) is 13.1 Å². The largest absolute Gasteiger partial charge is 0.491 e. The fraction of sp³-hybridized carbons (Fsp3) is 0.350. The zero-order valence-electron chi connectivity index (χ0n) is 15.1. The van der Waals surface area contributed by atoms with E-state index in [0.717, 1.165) is 28.4 Å². The number of nitrogens with one attached hydrogen (secondary N) is 2. The van der Waals surface area contributed by atoms with Gasteiger partial charge < -0.3 is 24.8 Å². The Kier molecular flexibility index (Phi) is 5.84. The highest BCUT2D eigenvalue weighted by atomic mass is 16.6. The molecule has 0 atom stereocenters. The van der Waals surface area contributed by atoms with Gasteiger partial charge in [-0.15, -0.1) is 0 Å². The summed E-state index contributed by atoms with van der Waals surface area (Å²) in [6.45, 7) is 5.96. The van der Waals surface area contributed by atoms with Gasteiger partial charge in [0.1, 0.15) is 19.0 Å². The van der Waals surface area contributed by atoms with E-state index in [0.29, 0.717) is 26.3 Å². The predicted molar refractivity (Wildman–Crippen MR) is 98.7 cm³/mol. The molecule has 0 bridgehead atoms. The predicted octanol–water partition coefficient (Wildman–Crippen LogP) is 3.24. The summed E-state index contributed by atoms with van der Waals surface area (Å²) in [4.78, 5) is 12.0. The van der Waals surface area contributed by atoms with Crippen molar-refractivity contribution in [3.63, 3.8) is 0 Å². The van der Waals surface area contributed by atoms with E-state index < -0.39 is 0 Å². The van der Waals surface area contributed by atoms with Gasteiger partial charge in [0.05, 0.1) is 6.10 Å². The summed E-state index contributed by atoms with van der Waals surface area (Å²) in [7, 11) is 0. The van der Waals surface area contributed by atoms with Gasteiger partial charge in [0.2, 0.25) is 0 Å². The zero-order valence-corrected chi connectivity index (χ0v) is 15.1. The van der Waals surface area contributed by atoms with E-state index in [1.165, 1.54) is 0 Å². The molecule has 6 nitrogen and oxygen atoms in total. The van der Waals surface area contributed by atoms with Crippen molar-refractivity contribution in [1.29, 1.82) is 0 Å². The van der Waals surface area contributed by atoms with Crippen molar-refractivity contribution in [3.05, 3.63) is 53.6 Å². The van der Waals surface area contributed by atoms with E-state index in [2.05, 4.69) is 10.6 Å². The monoisotopic (exact) mass is 356 g/mol. The summed E-state index contributed by atoms with van der Waals surface area (Å²) >= 11 is 0. The molecule has 0 unspecified atom stereocenters. The van der Waals surface area contributed by atoms with Gasteiger partial charge >= 0.3 is 6.03 Å². The lowest BCUT2D eigenvalue weighted by molar-refractivity contribution is 0.171. The van der Waals surface area contributed by atoms with Crippen LogP contribution in [0.25, 0.3) is 0 Å². The number of urea groups is 1. The third-order valence-electron chi connectivity index (χ3n) is 3.81. The fourth-order valence-electron chi connectivity index (χ4n) is 2.58. The minimum Gasteiger partial charge on any atom is -0.491 e. The second-order valence-electron chi connectivity index (χ2n) is 6.32. The van der Waals surface area contributed by atoms with E-state index in [-0.39, 0.29) is 12.1 Å². The SMILES string of the molecule is CC(C)Oc1ccc(CNC(=O)NCc2ccc3c(c2)OCCO3)cc1. The summed E-state index contributed by atoms with van der Waals surface area (Å²) in [5.41, 5.74) is 1.97. The first-order chi connectivity index (χ1) is 12.6. The quantitative estimate of drug-likeness (QED) is 0.834. The molecule has 1 aliphatic heterocycles. The highest BCUT2D eigenvalue weighted by Crippen LogP contribution is 2.30. The van der Waals surface area contributed by atoms with E-state index >= 15 is 0 Å². The molecule has 0 saturated heterocycles. The van der Waals surface area contributed by atoms with Crippen molar-refractivity contribution in [3.8, 4) is 17.2 Å². The van der Waals surface area contributed by atoms with Crippen LogP contribution in [0.15, 0.2) is 42.5 Å². The first kappa shape index (κ1) is 17.9. The normalized spacial score (nSPS) is 12.6. The van der Waals surface area contributed by atoms with Gasteiger partial charge in [-0.2, -0.15) is 0 Å². The number of ether oxygens (including phenoxy) is 3. The Morgan fingerprint density at radius 3 is 2.27 bits per heavy atom. The van der Waals surface area contributed by atoms with E-state index in [1.54, 1.807) is 0 Å². The number of benzene rings is 2. The van der Waals surface area contributed by atoms with Crippen LogP contribution in [0.1, 0.15) is 25.0 Å². The molecule has 2 amide bonds. The van der Waals surface area contributed by atoms with Crippen molar-refractivity contribution in [2.24, 2.45) is 0 Å². The maximum absolute atomic E-state index is 12.0. The second kappa shape index (κ2) is 8.47. The molecule has 3 rings (SSSR count). The molecule has 0 radical (unpaired) electrons. The van der Waals surface area contributed by atoms with Crippen molar-refractivity contribution in [2.75, 3.05) is 13.2 Å². The van der Waals surface area contributed by atoms with Gasteiger partial charge in [0.25, 0.3) is 0 Å². The van der Waals surface area contributed by atoms with Crippen LogP contribution < -0.4 is 24.8 Å². The minimum absolute atomic E-state index is 0.144. The average molecular weight is 356 g/mol. The first-order valence-electron chi connectivity index (χ1n) is 8.76. The Labute approximate surface area is 153 Å². The summed E-state index contributed by atoms with van der Waals surface area (Å²) in [5, 5.41) is 5.69. The van der Waals surface area contributed by atoms with E-state index in [4.69, 9.17) is 14.2 Å². The Hall–Kier alpha value is -2.89. The molecule has 2 aromatic rings. The van der Waals surface area contributed by atoms with Crippen LogP contribution in [0.5, 0.6) is 17.2 Å². The van der Waals surface area contributed by atoms with Crippen LogP contribution in [-0.4, -0.2) is 25.3 Å². The van der Waals surface area contributed by atoms with Crippen molar-refractivity contribution >= 4 is 6.03 Å².